The lowest BCUT2D eigenvalue weighted by Crippen LogP contribution is -2.60. The highest BCUT2D eigenvalue weighted by molar-refractivity contribution is 5.80. The smallest absolute Gasteiger partial charge is 0.249 e. The molecule has 8 N–H and O–H groups in total. The molecule has 0 bridgehead atoms. The van der Waals surface area contributed by atoms with Gasteiger partial charge < -0.3 is 50.5 Å². The van der Waals surface area contributed by atoms with Gasteiger partial charge in [0.2, 0.25) is 5.91 Å². The van der Waals surface area contributed by atoms with E-state index in [9.17, 15) is 40.5 Å². The molecule has 0 aromatic carbocycles. The van der Waals surface area contributed by atoms with Crippen molar-refractivity contribution in [2.75, 3.05) is 13.2 Å². The van der Waals surface area contributed by atoms with Crippen molar-refractivity contribution >= 4 is 5.91 Å². The third-order valence-corrected chi connectivity index (χ3v) is 11.1. The van der Waals surface area contributed by atoms with Gasteiger partial charge in [-0.3, -0.25) is 4.79 Å². The van der Waals surface area contributed by atoms with Crippen molar-refractivity contribution in [3.8, 4) is 0 Å². The SMILES string of the molecule is CCCCCCCCCCCC/C=C\CCCC[C@@H](O)[C@@H](O)[C@H](CO[C@@H]1O[C@H](CO)[C@@H](O)[C@H](O)[C@H]1O)NC(=O)[C@H](O)CCCCCCCCCCCCCC. The average Bonchev–Trinajstić information content (AvgIpc) is 3.18. The van der Waals surface area contributed by atoms with Gasteiger partial charge in [0.05, 0.1) is 25.4 Å². The lowest BCUT2D eigenvalue weighted by atomic mass is 9.98. The standard InChI is InChI=1S/C44H85NO10/c1-3-5-7-9-11-13-15-17-18-19-20-22-23-25-27-29-31-36(47)39(49)35(34-54-44-42(52)41(51)40(50)38(33-46)55-44)45-43(53)37(48)32-30-28-26-24-21-16-14-12-10-8-6-4-2/h22-23,35-42,44,46-52H,3-21,24-34H2,1-2H3,(H,45,53)/b23-22-/t35-,36+,37+,38+,39-,40+,41-,42+,44+/m0/s1. The van der Waals surface area contributed by atoms with E-state index in [-0.39, 0.29) is 12.8 Å². The Morgan fingerprint density at radius 2 is 1.05 bits per heavy atom. The highest BCUT2D eigenvalue weighted by atomic mass is 16.7. The van der Waals surface area contributed by atoms with Crippen LogP contribution in [-0.2, 0) is 14.3 Å². The molecule has 0 unspecified atom stereocenters. The van der Waals surface area contributed by atoms with Gasteiger partial charge in [-0.25, -0.2) is 0 Å². The maximum absolute atomic E-state index is 13.0. The van der Waals surface area contributed by atoms with Crippen LogP contribution in [0.25, 0.3) is 0 Å². The summed E-state index contributed by atoms with van der Waals surface area (Å²) >= 11 is 0. The molecule has 0 aromatic rings. The molecule has 0 aromatic heterocycles. The summed E-state index contributed by atoms with van der Waals surface area (Å²) in [7, 11) is 0. The number of aliphatic hydroxyl groups excluding tert-OH is 7. The molecule has 1 rings (SSSR count). The topological polar surface area (TPSA) is 189 Å². The lowest BCUT2D eigenvalue weighted by molar-refractivity contribution is -0.303. The predicted molar refractivity (Wildman–Crippen MR) is 219 cm³/mol. The fraction of sp³-hybridized carbons (Fsp3) is 0.932. The fourth-order valence-corrected chi connectivity index (χ4v) is 7.26. The van der Waals surface area contributed by atoms with E-state index in [4.69, 9.17) is 9.47 Å². The van der Waals surface area contributed by atoms with Gasteiger partial charge in [0, 0.05) is 0 Å². The second-order valence-electron chi connectivity index (χ2n) is 16.1. The summed E-state index contributed by atoms with van der Waals surface area (Å²) in [6, 6.07) is -1.17. The number of nitrogens with one attached hydrogen (secondary N) is 1. The molecule has 0 radical (unpaired) electrons. The molecular formula is C44H85NO10. The second kappa shape index (κ2) is 34.9. The highest BCUT2D eigenvalue weighted by Crippen LogP contribution is 2.23. The maximum atomic E-state index is 13.0. The van der Waals surface area contributed by atoms with E-state index >= 15 is 0 Å². The molecule has 55 heavy (non-hydrogen) atoms. The molecule has 0 aliphatic carbocycles. The molecule has 0 spiro atoms. The molecule has 1 amide bonds. The molecular weight excluding hydrogens is 702 g/mol. The molecule has 1 saturated heterocycles. The van der Waals surface area contributed by atoms with E-state index in [0.29, 0.717) is 12.8 Å². The minimum atomic E-state index is -1.66. The number of unbranched alkanes of at least 4 members (excludes halogenated alkanes) is 23. The summed E-state index contributed by atoms with van der Waals surface area (Å²) in [5.74, 6) is -0.704. The summed E-state index contributed by atoms with van der Waals surface area (Å²) in [5.41, 5.74) is 0. The monoisotopic (exact) mass is 788 g/mol. The Bertz CT molecular complexity index is 908. The quantitative estimate of drug-likeness (QED) is 0.0243. The summed E-state index contributed by atoms with van der Waals surface area (Å²) < 4.78 is 11.1. The van der Waals surface area contributed by atoms with Gasteiger partial charge in [-0.15, -0.1) is 0 Å². The number of hydrogen-bond acceptors (Lipinski definition) is 10. The third-order valence-electron chi connectivity index (χ3n) is 11.1. The molecule has 326 valence electrons. The summed E-state index contributed by atoms with van der Waals surface area (Å²) in [6.07, 6.45) is 24.0. The maximum Gasteiger partial charge on any atom is 0.249 e. The molecule has 9 atom stereocenters. The van der Waals surface area contributed by atoms with Crippen LogP contribution >= 0.6 is 0 Å². The van der Waals surface area contributed by atoms with Crippen LogP contribution in [0.2, 0.25) is 0 Å². The van der Waals surface area contributed by atoms with E-state index in [1.165, 1.54) is 116 Å². The zero-order chi connectivity index (χ0) is 40.5. The van der Waals surface area contributed by atoms with Crippen LogP contribution in [0.4, 0.5) is 0 Å². The summed E-state index contributed by atoms with van der Waals surface area (Å²) in [5, 5.41) is 75.5. The number of carbonyl (C=O) groups excluding carboxylic acids is 1. The largest absolute Gasteiger partial charge is 0.394 e. The third kappa shape index (κ3) is 25.1. The molecule has 0 saturated carbocycles. The number of allylic oxidation sites excluding steroid dienone is 2. The van der Waals surface area contributed by atoms with Gasteiger partial charge in [0.15, 0.2) is 6.29 Å². The van der Waals surface area contributed by atoms with Crippen LogP contribution in [0.5, 0.6) is 0 Å². The van der Waals surface area contributed by atoms with Crippen LogP contribution < -0.4 is 5.32 Å². The number of ether oxygens (including phenoxy) is 2. The van der Waals surface area contributed by atoms with Gasteiger partial charge in [-0.1, -0.05) is 167 Å². The first-order valence-electron chi connectivity index (χ1n) is 22.6. The van der Waals surface area contributed by atoms with Gasteiger partial charge in [0.1, 0.15) is 36.6 Å². The highest BCUT2D eigenvalue weighted by Gasteiger charge is 2.44. The van der Waals surface area contributed by atoms with Crippen molar-refractivity contribution in [3.63, 3.8) is 0 Å². The van der Waals surface area contributed by atoms with Gasteiger partial charge in [0.25, 0.3) is 0 Å². The number of rotatable bonds is 37. The zero-order valence-electron chi connectivity index (χ0n) is 34.9. The van der Waals surface area contributed by atoms with Gasteiger partial charge in [-0.05, 0) is 38.5 Å². The predicted octanol–water partition coefficient (Wildman–Crippen LogP) is 6.89. The normalized spacial score (nSPS) is 22.5. The van der Waals surface area contributed by atoms with Crippen LogP contribution in [0.15, 0.2) is 12.2 Å². The number of amides is 1. The minimum Gasteiger partial charge on any atom is -0.394 e. The Labute approximate surface area is 334 Å². The van der Waals surface area contributed by atoms with Crippen molar-refractivity contribution < 1.29 is 50.0 Å². The van der Waals surface area contributed by atoms with Crippen molar-refractivity contribution in [1.82, 2.24) is 5.32 Å². The number of carbonyl (C=O) groups is 1. The molecule has 1 heterocycles. The van der Waals surface area contributed by atoms with Crippen LogP contribution in [0.1, 0.15) is 194 Å². The molecule has 1 fully saturated rings. The Hall–Kier alpha value is -1.15. The van der Waals surface area contributed by atoms with Crippen molar-refractivity contribution in [2.45, 2.75) is 249 Å². The Balaban J connectivity index is 2.49. The Morgan fingerprint density at radius 3 is 1.55 bits per heavy atom. The lowest BCUT2D eigenvalue weighted by Gasteiger charge is -2.40. The molecule has 11 heteroatoms. The van der Waals surface area contributed by atoms with E-state index in [2.05, 4.69) is 31.3 Å². The van der Waals surface area contributed by atoms with Gasteiger partial charge in [-0.2, -0.15) is 0 Å². The Kier molecular flexibility index (Phi) is 32.9. The minimum absolute atomic E-state index is 0.259. The summed E-state index contributed by atoms with van der Waals surface area (Å²) in [6.45, 7) is 3.41. The molecule has 1 aliphatic heterocycles. The molecule has 11 nitrogen and oxygen atoms in total. The van der Waals surface area contributed by atoms with E-state index in [0.717, 1.165) is 38.5 Å². The number of aliphatic hydroxyl groups is 7. The van der Waals surface area contributed by atoms with Crippen molar-refractivity contribution in [1.29, 1.82) is 0 Å². The fourth-order valence-electron chi connectivity index (χ4n) is 7.26. The Morgan fingerprint density at radius 1 is 0.618 bits per heavy atom. The zero-order valence-corrected chi connectivity index (χ0v) is 34.9. The van der Waals surface area contributed by atoms with E-state index in [1.54, 1.807) is 0 Å². The first-order valence-corrected chi connectivity index (χ1v) is 22.6. The van der Waals surface area contributed by atoms with Gasteiger partial charge >= 0.3 is 0 Å². The van der Waals surface area contributed by atoms with Crippen LogP contribution in [0.3, 0.4) is 0 Å². The van der Waals surface area contributed by atoms with E-state index < -0.39 is 74.2 Å². The number of hydrogen-bond donors (Lipinski definition) is 8. The average molecular weight is 788 g/mol. The van der Waals surface area contributed by atoms with E-state index in [1.807, 2.05) is 0 Å². The molecule has 1 aliphatic rings. The van der Waals surface area contributed by atoms with Crippen molar-refractivity contribution in [2.24, 2.45) is 0 Å². The van der Waals surface area contributed by atoms with Crippen molar-refractivity contribution in [3.05, 3.63) is 12.2 Å². The van der Waals surface area contributed by atoms with Crippen LogP contribution in [-0.4, -0.2) is 110 Å². The summed E-state index contributed by atoms with van der Waals surface area (Å²) in [4.78, 5) is 13.0. The first-order chi connectivity index (χ1) is 26.7. The van der Waals surface area contributed by atoms with Crippen LogP contribution in [0, 0.1) is 0 Å². The first kappa shape index (κ1) is 51.9. The second-order valence-corrected chi connectivity index (χ2v) is 16.1.